The average molecular weight is 467 g/mol. The normalized spacial score (nSPS) is 15.0. The molecular formula is C30H34N4O. The summed E-state index contributed by atoms with van der Waals surface area (Å²) in [6.45, 7) is 8.44. The summed E-state index contributed by atoms with van der Waals surface area (Å²) < 4.78 is 7.65. The van der Waals surface area contributed by atoms with Crippen molar-refractivity contribution < 1.29 is 4.74 Å². The van der Waals surface area contributed by atoms with Gasteiger partial charge in [-0.2, -0.15) is 9.61 Å². The van der Waals surface area contributed by atoms with Crippen LogP contribution in [0, 0.1) is 26.7 Å². The van der Waals surface area contributed by atoms with E-state index in [1.807, 2.05) is 6.20 Å². The van der Waals surface area contributed by atoms with Crippen LogP contribution in [0.4, 0.5) is 5.82 Å². The smallest absolute Gasteiger partial charge is 0.165 e. The Bertz CT molecular complexity index is 1380. The van der Waals surface area contributed by atoms with Crippen LogP contribution < -0.4 is 9.64 Å². The third-order valence-corrected chi connectivity index (χ3v) is 7.62. The van der Waals surface area contributed by atoms with Crippen molar-refractivity contribution >= 4 is 11.5 Å². The molecule has 2 aromatic carbocycles. The number of benzene rings is 2. The van der Waals surface area contributed by atoms with Crippen LogP contribution in [-0.4, -0.2) is 28.3 Å². The number of hydrogen-bond donors (Lipinski definition) is 0. The molecule has 0 radical (unpaired) electrons. The van der Waals surface area contributed by atoms with Gasteiger partial charge in [0.05, 0.1) is 13.3 Å². The molecule has 0 atom stereocenters. The van der Waals surface area contributed by atoms with Crippen LogP contribution >= 0.6 is 0 Å². The molecule has 0 spiro atoms. The first-order valence-electron chi connectivity index (χ1n) is 12.9. The van der Waals surface area contributed by atoms with E-state index in [0.717, 1.165) is 48.8 Å². The quantitative estimate of drug-likeness (QED) is 0.324. The molecule has 2 aromatic heterocycles. The van der Waals surface area contributed by atoms with Crippen LogP contribution in [0.2, 0.25) is 0 Å². The van der Waals surface area contributed by atoms with Gasteiger partial charge in [-0.1, -0.05) is 29.8 Å². The summed E-state index contributed by atoms with van der Waals surface area (Å²) >= 11 is 0. The Labute approximate surface area is 207 Å². The predicted molar refractivity (Wildman–Crippen MR) is 141 cm³/mol. The molecule has 4 aromatic rings. The Morgan fingerprint density at radius 1 is 1.03 bits per heavy atom. The van der Waals surface area contributed by atoms with Gasteiger partial charge in [0.15, 0.2) is 5.65 Å². The zero-order valence-electron chi connectivity index (χ0n) is 21.3. The van der Waals surface area contributed by atoms with E-state index in [-0.39, 0.29) is 0 Å². The van der Waals surface area contributed by atoms with Crippen molar-refractivity contribution in [2.24, 2.45) is 5.92 Å². The van der Waals surface area contributed by atoms with Gasteiger partial charge in [0.1, 0.15) is 11.6 Å². The number of hydrogen-bond acceptors (Lipinski definition) is 4. The maximum Gasteiger partial charge on any atom is 0.165 e. The van der Waals surface area contributed by atoms with Crippen molar-refractivity contribution in [1.82, 2.24) is 14.6 Å². The summed E-state index contributed by atoms with van der Waals surface area (Å²) in [4.78, 5) is 7.80. The van der Waals surface area contributed by atoms with E-state index in [1.54, 1.807) is 7.11 Å². The van der Waals surface area contributed by atoms with Gasteiger partial charge in [0.2, 0.25) is 0 Å². The van der Waals surface area contributed by atoms with Gasteiger partial charge in [-0.3, -0.25) is 0 Å². The second-order valence-corrected chi connectivity index (χ2v) is 10.5. The number of methoxy groups -OCH3 is 1. The Kier molecular flexibility index (Phi) is 5.51. The third kappa shape index (κ3) is 4.07. The standard InChI is InChI=1S/C30H34N4O/c1-19-8-10-22(11-9-19)17-33(18-23-12-13-23)30-25-6-5-7-27(25)32-29-26(16-31-34(29)30)28-20(2)14-24(35-4)15-21(28)3/h8-11,14-16,23H,5-7,12-13,17-18H2,1-4H3. The first-order valence-corrected chi connectivity index (χ1v) is 12.9. The van der Waals surface area contributed by atoms with E-state index in [4.69, 9.17) is 14.8 Å². The van der Waals surface area contributed by atoms with Gasteiger partial charge >= 0.3 is 0 Å². The summed E-state index contributed by atoms with van der Waals surface area (Å²) in [5.41, 5.74) is 11.0. The number of nitrogens with zero attached hydrogens (tertiary/aromatic N) is 4. The van der Waals surface area contributed by atoms with Crippen molar-refractivity contribution in [2.45, 2.75) is 59.4 Å². The molecule has 0 aliphatic heterocycles. The molecule has 2 aliphatic carbocycles. The third-order valence-electron chi connectivity index (χ3n) is 7.62. The molecule has 180 valence electrons. The Morgan fingerprint density at radius 3 is 2.46 bits per heavy atom. The van der Waals surface area contributed by atoms with Gasteiger partial charge in [-0.25, -0.2) is 4.98 Å². The van der Waals surface area contributed by atoms with E-state index < -0.39 is 0 Å². The summed E-state index contributed by atoms with van der Waals surface area (Å²) in [6, 6.07) is 13.2. The summed E-state index contributed by atoms with van der Waals surface area (Å²) in [7, 11) is 1.73. The molecule has 0 unspecified atom stereocenters. The van der Waals surface area contributed by atoms with Crippen LogP contribution in [0.5, 0.6) is 5.75 Å². The number of anilines is 1. The van der Waals surface area contributed by atoms with Crippen LogP contribution in [0.15, 0.2) is 42.6 Å². The molecule has 0 bridgehead atoms. The molecule has 1 fully saturated rings. The molecule has 0 N–H and O–H groups in total. The monoisotopic (exact) mass is 466 g/mol. The van der Waals surface area contributed by atoms with E-state index in [2.05, 4.69) is 66.6 Å². The minimum Gasteiger partial charge on any atom is -0.497 e. The lowest BCUT2D eigenvalue weighted by Crippen LogP contribution is -2.29. The molecule has 0 saturated heterocycles. The van der Waals surface area contributed by atoms with Crippen molar-refractivity contribution in [2.75, 3.05) is 18.6 Å². The predicted octanol–water partition coefficient (Wildman–Crippen LogP) is 6.24. The van der Waals surface area contributed by atoms with Crippen molar-refractivity contribution in [3.63, 3.8) is 0 Å². The molecule has 2 heterocycles. The zero-order valence-corrected chi connectivity index (χ0v) is 21.3. The largest absolute Gasteiger partial charge is 0.497 e. The van der Waals surface area contributed by atoms with Crippen molar-refractivity contribution in [3.8, 4) is 16.9 Å². The number of ether oxygens (including phenoxy) is 1. The van der Waals surface area contributed by atoms with Crippen LogP contribution in [0.25, 0.3) is 16.8 Å². The van der Waals surface area contributed by atoms with E-state index >= 15 is 0 Å². The second kappa shape index (κ2) is 8.71. The second-order valence-electron chi connectivity index (χ2n) is 10.5. The maximum atomic E-state index is 5.51. The fourth-order valence-electron chi connectivity index (χ4n) is 5.67. The van der Waals surface area contributed by atoms with Gasteiger partial charge < -0.3 is 9.64 Å². The average Bonchev–Trinajstić information content (AvgIpc) is 3.38. The highest BCUT2D eigenvalue weighted by atomic mass is 16.5. The molecule has 0 amide bonds. The van der Waals surface area contributed by atoms with Crippen LogP contribution in [-0.2, 0) is 19.4 Å². The number of aromatic nitrogens is 3. The highest BCUT2D eigenvalue weighted by molar-refractivity contribution is 5.83. The highest BCUT2D eigenvalue weighted by Crippen LogP contribution is 2.39. The molecule has 35 heavy (non-hydrogen) atoms. The van der Waals surface area contributed by atoms with E-state index in [0.29, 0.717) is 0 Å². The molecular weight excluding hydrogens is 432 g/mol. The SMILES string of the molecule is COc1cc(C)c(-c2cnn3c(N(Cc4ccc(C)cc4)CC4CC4)c4c(nc23)CCC4)c(C)c1. The molecule has 1 saturated carbocycles. The lowest BCUT2D eigenvalue weighted by molar-refractivity contribution is 0.414. The number of fused-ring (bicyclic) bond motifs is 2. The minimum absolute atomic E-state index is 0.779. The Hall–Kier alpha value is -3.34. The highest BCUT2D eigenvalue weighted by Gasteiger charge is 2.30. The summed E-state index contributed by atoms with van der Waals surface area (Å²) in [5.74, 6) is 2.93. The Morgan fingerprint density at radius 2 is 1.77 bits per heavy atom. The molecule has 5 heteroatoms. The van der Waals surface area contributed by atoms with Gasteiger partial charge in [-0.05, 0) is 93.2 Å². The lowest BCUT2D eigenvalue weighted by Gasteiger charge is -2.28. The van der Waals surface area contributed by atoms with E-state index in [9.17, 15) is 0 Å². The first-order chi connectivity index (χ1) is 17.0. The lowest BCUT2D eigenvalue weighted by atomic mass is 9.97. The number of aryl methyl sites for hydroxylation is 4. The van der Waals surface area contributed by atoms with Crippen molar-refractivity contribution in [3.05, 3.63) is 76.1 Å². The Balaban J connectivity index is 1.52. The fourth-order valence-corrected chi connectivity index (χ4v) is 5.67. The minimum atomic E-state index is 0.779. The molecule has 6 rings (SSSR count). The van der Waals surface area contributed by atoms with Gasteiger partial charge in [0, 0.05) is 29.9 Å². The van der Waals surface area contributed by atoms with Gasteiger partial charge in [-0.15, -0.1) is 0 Å². The summed E-state index contributed by atoms with van der Waals surface area (Å²) in [5, 5.41) is 4.98. The first kappa shape index (κ1) is 22.1. The molecule has 5 nitrogen and oxygen atoms in total. The van der Waals surface area contributed by atoms with Crippen molar-refractivity contribution in [1.29, 1.82) is 0 Å². The summed E-state index contributed by atoms with van der Waals surface area (Å²) in [6.07, 6.45) is 7.97. The van der Waals surface area contributed by atoms with Gasteiger partial charge in [0.25, 0.3) is 0 Å². The molecule has 2 aliphatic rings. The van der Waals surface area contributed by atoms with Crippen LogP contribution in [0.3, 0.4) is 0 Å². The van der Waals surface area contributed by atoms with Crippen LogP contribution in [0.1, 0.15) is 52.8 Å². The van der Waals surface area contributed by atoms with E-state index in [1.165, 1.54) is 64.2 Å². The zero-order chi connectivity index (χ0) is 24.1. The topological polar surface area (TPSA) is 42.7 Å². The maximum absolute atomic E-state index is 5.51. The fraction of sp³-hybridized carbons (Fsp3) is 0.400. The number of rotatable bonds is 7.